The van der Waals surface area contributed by atoms with Crippen LogP contribution in [0, 0.1) is 22.3 Å². The van der Waals surface area contributed by atoms with Crippen LogP contribution in [0.4, 0.5) is 0 Å². The summed E-state index contributed by atoms with van der Waals surface area (Å²) in [4.78, 5) is 5.50. The van der Waals surface area contributed by atoms with Gasteiger partial charge in [0.1, 0.15) is 0 Å². The van der Waals surface area contributed by atoms with Crippen LogP contribution < -0.4 is 10.4 Å². The number of hydrogen-bond donors (Lipinski definition) is 0. The van der Waals surface area contributed by atoms with Crippen LogP contribution in [0.3, 0.4) is 0 Å². The first-order valence-electron chi connectivity index (χ1n) is 12.9. The Balaban J connectivity index is 1.46. The van der Waals surface area contributed by atoms with E-state index in [1.807, 2.05) is 47.0 Å². The van der Waals surface area contributed by atoms with E-state index in [2.05, 4.69) is 113 Å². The van der Waals surface area contributed by atoms with Gasteiger partial charge in [0, 0.05) is 25.0 Å². The smallest absolute Gasteiger partial charge is 0.0572 e. The molecular weight excluding hydrogens is 525 g/mol. The molecule has 37 heavy (non-hydrogen) atoms. The minimum absolute atomic E-state index is 0.0145. The molecule has 0 aromatic heterocycles. The Morgan fingerprint density at radius 2 is 0.838 bits per heavy atom. The highest BCUT2D eigenvalue weighted by atomic mass is 32.2. The van der Waals surface area contributed by atoms with Crippen LogP contribution in [0.1, 0.15) is 38.8 Å². The number of benzene rings is 4. The van der Waals surface area contributed by atoms with Gasteiger partial charge in [-0.15, -0.1) is 0 Å². The van der Waals surface area contributed by atoms with E-state index >= 15 is 0 Å². The first-order chi connectivity index (χ1) is 18.0. The van der Waals surface area contributed by atoms with Gasteiger partial charge in [0.25, 0.3) is 0 Å². The van der Waals surface area contributed by atoms with Crippen molar-refractivity contribution < 1.29 is 0 Å². The number of fused-ring (bicyclic) bond motifs is 4. The van der Waals surface area contributed by atoms with Gasteiger partial charge in [0.2, 0.25) is 0 Å². The van der Waals surface area contributed by atoms with Gasteiger partial charge in [-0.2, -0.15) is 0 Å². The predicted octanol–water partition coefficient (Wildman–Crippen LogP) is 8.81. The average molecular weight is 553 g/mol. The zero-order chi connectivity index (χ0) is 25.3. The molecule has 0 atom stereocenters. The Labute approximate surface area is 235 Å². The molecule has 2 heterocycles. The van der Waals surface area contributed by atoms with Gasteiger partial charge in [-0.05, 0) is 80.2 Å². The fourth-order valence-electron chi connectivity index (χ4n) is 6.47. The molecule has 1 aliphatic carbocycles. The minimum atomic E-state index is -0.0145. The molecule has 0 amide bonds. The molecule has 0 spiro atoms. The van der Waals surface area contributed by atoms with E-state index in [0.29, 0.717) is 11.8 Å². The van der Waals surface area contributed by atoms with Crippen molar-refractivity contribution in [1.82, 2.24) is 0 Å². The summed E-state index contributed by atoms with van der Waals surface area (Å²) >= 11 is 7.68. The van der Waals surface area contributed by atoms with Crippen molar-refractivity contribution in [2.45, 2.75) is 52.7 Å². The summed E-state index contributed by atoms with van der Waals surface area (Å²) in [5, 5.41) is 5.54. The second kappa shape index (κ2) is 9.05. The predicted molar refractivity (Wildman–Crippen MR) is 163 cm³/mol. The maximum Gasteiger partial charge on any atom is 0.0572 e. The van der Waals surface area contributed by atoms with Crippen molar-refractivity contribution in [2.75, 3.05) is 0 Å². The van der Waals surface area contributed by atoms with E-state index < -0.39 is 0 Å². The Morgan fingerprint density at radius 3 is 1.16 bits per heavy atom. The van der Waals surface area contributed by atoms with Gasteiger partial charge in [-0.1, -0.05) is 123 Å². The quantitative estimate of drug-likeness (QED) is 0.244. The van der Waals surface area contributed by atoms with Crippen molar-refractivity contribution in [3.63, 3.8) is 0 Å². The summed E-state index contributed by atoms with van der Waals surface area (Å²) in [5.74, 6) is 0.963. The topological polar surface area (TPSA) is 0 Å². The number of rotatable bonds is 2. The van der Waals surface area contributed by atoms with E-state index in [1.165, 1.54) is 60.1 Å². The third-order valence-electron chi connectivity index (χ3n) is 8.02. The van der Waals surface area contributed by atoms with Crippen LogP contribution in [-0.4, -0.2) is 0 Å². The fourth-order valence-corrected chi connectivity index (χ4v) is 11.4. The molecule has 3 aliphatic rings. The molecule has 0 saturated carbocycles. The first kappa shape index (κ1) is 24.1. The highest BCUT2D eigenvalue weighted by molar-refractivity contribution is 8.32. The highest BCUT2D eigenvalue weighted by Gasteiger charge is 2.45. The van der Waals surface area contributed by atoms with Crippen molar-refractivity contribution in [3.8, 4) is 0 Å². The van der Waals surface area contributed by atoms with E-state index in [0.717, 1.165) is 0 Å². The molecule has 0 N–H and O–H groups in total. The minimum Gasteiger partial charge on any atom is -0.0809 e. The molecule has 0 unspecified atom stereocenters. The van der Waals surface area contributed by atoms with E-state index in [4.69, 9.17) is 0 Å². The van der Waals surface area contributed by atoms with Gasteiger partial charge < -0.3 is 0 Å². The summed E-state index contributed by atoms with van der Waals surface area (Å²) in [6, 6.07) is 32.1. The standard InChI is InChI=1S/C33H28S4/c1-19(2)33(20(3)4)25-17-21(31-34-27-9-5-6-10-28(27)35-31)13-15-23(25)24-16-14-22(18-26(24)33)32-36-29-11-7-8-12-30(29)37-32/h5-20H,1-4H3. The highest BCUT2D eigenvalue weighted by Crippen LogP contribution is 2.53. The van der Waals surface area contributed by atoms with Gasteiger partial charge >= 0.3 is 0 Å². The van der Waals surface area contributed by atoms with Crippen molar-refractivity contribution in [1.29, 1.82) is 0 Å². The largest absolute Gasteiger partial charge is 0.0809 e. The molecule has 7 rings (SSSR count). The first-order valence-corrected chi connectivity index (χ1v) is 16.2. The van der Waals surface area contributed by atoms with Crippen LogP contribution in [0.15, 0.2) is 105 Å². The number of thioether (sulfide) groups is 4. The molecule has 184 valence electrons. The lowest BCUT2D eigenvalue weighted by Gasteiger charge is -2.41. The summed E-state index contributed by atoms with van der Waals surface area (Å²) < 4.78 is 2.79. The van der Waals surface area contributed by atoms with E-state index in [9.17, 15) is 0 Å². The van der Waals surface area contributed by atoms with Crippen LogP contribution in [0.2, 0.25) is 0 Å². The van der Waals surface area contributed by atoms with Crippen LogP contribution >= 0.6 is 47.0 Å². The molecule has 0 saturated heterocycles. The van der Waals surface area contributed by atoms with Gasteiger partial charge in [-0.25, -0.2) is 0 Å². The molecule has 4 aromatic rings. The molecule has 0 fully saturated rings. The van der Waals surface area contributed by atoms with Crippen molar-refractivity contribution in [3.05, 3.63) is 117 Å². The Morgan fingerprint density at radius 1 is 0.486 bits per heavy atom. The maximum absolute atomic E-state index is 2.53. The van der Waals surface area contributed by atoms with Crippen molar-refractivity contribution >= 4 is 55.5 Å². The van der Waals surface area contributed by atoms with Gasteiger partial charge in [-0.3, -0.25) is 0 Å². The van der Waals surface area contributed by atoms with Crippen LogP contribution in [0.25, 0.3) is 8.47 Å². The van der Waals surface area contributed by atoms with E-state index in [1.54, 1.807) is 0 Å². The van der Waals surface area contributed by atoms with Crippen molar-refractivity contribution in [2.24, 2.45) is 11.8 Å². The summed E-state index contributed by atoms with van der Waals surface area (Å²) in [5.41, 5.74) is 3.00. The lowest BCUT2D eigenvalue weighted by atomic mass is 9.62. The molecule has 4 heteroatoms. The molecule has 4 aromatic carbocycles. The summed E-state index contributed by atoms with van der Waals surface area (Å²) in [6.07, 6.45) is 0. The zero-order valence-corrected chi connectivity index (χ0v) is 24.6. The third kappa shape index (κ3) is 3.63. The normalized spacial score (nSPS) is 16.8. The summed E-state index contributed by atoms with van der Waals surface area (Å²) in [7, 11) is 0. The Hall–Kier alpha value is -1.98. The molecule has 0 radical (unpaired) electrons. The zero-order valence-electron chi connectivity index (χ0n) is 21.4. The monoisotopic (exact) mass is 552 g/mol. The lowest BCUT2D eigenvalue weighted by Crippen LogP contribution is -2.39. The second-order valence-corrected chi connectivity index (χ2v) is 15.3. The van der Waals surface area contributed by atoms with Crippen LogP contribution in [0.5, 0.6) is 0 Å². The van der Waals surface area contributed by atoms with Gasteiger partial charge in [0.05, 0.1) is 8.47 Å². The Bertz CT molecular complexity index is 1610. The summed E-state index contributed by atoms with van der Waals surface area (Å²) in [6.45, 7) is 9.68. The SMILES string of the molecule is CC(C)C1(C(C)C)c2cc(=C3Sc4ccccc4S3)ccc2=c2ccc(=C3Sc4ccccc4S3)cc21. The molecule has 0 bridgehead atoms. The molecular formula is C33H28S4. The second-order valence-electron chi connectivity index (χ2n) is 10.6. The number of hydrogen-bond acceptors (Lipinski definition) is 4. The molecule has 2 aliphatic heterocycles. The van der Waals surface area contributed by atoms with Crippen LogP contribution in [-0.2, 0) is 5.41 Å². The van der Waals surface area contributed by atoms with Gasteiger partial charge in [0.15, 0.2) is 0 Å². The molecule has 0 nitrogen and oxygen atoms in total. The Kier molecular flexibility index (Phi) is 5.89. The lowest BCUT2D eigenvalue weighted by molar-refractivity contribution is 0.276. The maximum atomic E-state index is 2.53. The average Bonchev–Trinajstić information content (AvgIpc) is 3.60. The fraction of sp³-hybridized carbons (Fsp3) is 0.212. The third-order valence-corrected chi connectivity index (χ3v) is 13.3. The van der Waals surface area contributed by atoms with E-state index in [-0.39, 0.29) is 5.41 Å².